The van der Waals surface area contributed by atoms with Crippen molar-refractivity contribution in [2.45, 2.75) is 6.43 Å². The molecule has 0 saturated carbocycles. The van der Waals surface area contributed by atoms with Crippen LogP contribution in [0.2, 0.25) is 10.2 Å². The molecular weight excluding hydrogens is 241 g/mol. The van der Waals surface area contributed by atoms with Crippen molar-refractivity contribution >= 4 is 28.9 Å². The maximum absolute atomic E-state index is 12.3. The summed E-state index contributed by atoms with van der Waals surface area (Å²) in [4.78, 5) is 12.7. The minimum Gasteiger partial charge on any atom is -0.258 e. The SMILES string of the molecule is O=[N+]([O-])c1c(Cl)cnc(Cl)c1C(F)F. The van der Waals surface area contributed by atoms with Crippen molar-refractivity contribution in [3.63, 3.8) is 0 Å². The average molecular weight is 243 g/mol. The van der Waals surface area contributed by atoms with Gasteiger partial charge in [-0.2, -0.15) is 0 Å². The summed E-state index contributed by atoms with van der Waals surface area (Å²) in [5.41, 5.74) is -1.86. The van der Waals surface area contributed by atoms with E-state index in [1.165, 1.54) is 0 Å². The molecule has 1 aromatic rings. The Bertz CT molecular complexity index is 386. The molecule has 14 heavy (non-hydrogen) atoms. The number of pyridine rings is 1. The van der Waals surface area contributed by atoms with E-state index in [9.17, 15) is 18.9 Å². The molecule has 0 aliphatic heterocycles. The Kier molecular flexibility index (Phi) is 3.17. The van der Waals surface area contributed by atoms with Gasteiger partial charge in [0.25, 0.3) is 6.43 Å². The maximum Gasteiger partial charge on any atom is 0.301 e. The van der Waals surface area contributed by atoms with Crippen molar-refractivity contribution < 1.29 is 13.7 Å². The van der Waals surface area contributed by atoms with E-state index in [-0.39, 0.29) is 0 Å². The highest BCUT2D eigenvalue weighted by atomic mass is 35.5. The smallest absolute Gasteiger partial charge is 0.258 e. The number of alkyl halides is 2. The highest BCUT2D eigenvalue weighted by Crippen LogP contribution is 2.37. The van der Waals surface area contributed by atoms with Gasteiger partial charge in [0.2, 0.25) is 0 Å². The second-order valence-corrected chi connectivity index (χ2v) is 2.98. The summed E-state index contributed by atoms with van der Waals surface area (Å²) in [6.45, 7) is 0. The molecule has 0 N–H and O–H groups in total. The van der Waals surface area contributed by atoms with Gasteiger partial charge in [0.15, 0.2) is 0 Å². The van der Waals surface area contributed by atoms with Crippen LogP contribution >= 0.6 is 23.2 Å². The lowest BCUT2D eigenvalue weighted by molar-refractivity contribution is -0.386. The third kappa shape index (κ3) is 1.91. The van der Waals surface area contributed by atoms with Crippen molar-refractivity contribution in [2.24, 2.45) is 0 Å². The van der Waals surface area contributed by atoms with Gasteiger partial charge in [-0.25, -0.2) is 13.8 Å². The van der Waals surface area contributed by atoms with Crippen LogP contribution in [0.5, 0.6) is 0 Å². The molecule has 0 unspecified atom stereocenters. The number of nitrogens with zero attached hydrogens (tertiary/aromatic N) is 2. The molecule has 76 valence electrons. The molecule has 0 fully saturated rings. The van der Waals surface area contributed by atoms with Crippen LogP contribution in [0.25, 0.3) is 0 Å². The van der Waals surface area contributed by atoms with Gasteiger partial charge in [0.05, 0.1) is 11.1 Å². The van der Waals surface area contributed by atoms with Crippen LogP contribution in [0.3, 0.4) is 0 Å². The number of rotatable bonds is 2. The second-order valence-electron chi connectivity index (χ2n) is 2.22. The number of hydrogen-bond acceptors (Lipinski definition) is 3. The largest absolute Gasteiger partial charge is 0.301 e. The number of nitro groups is 1. The molecule has 0 amide bonds. The zero-order valence-corrected chi connectivity index (χ0v) is 7.89. The number of aromatic nitrogens is 1. The summed E-state index contributed by atoms with van der Waals surface area (Å²) in [6.07, 6.45) is -2.23. The first-order valence-electron chi connectivity index (χ1n) is 3.21. The Labute approximate surface area is 86.6 Å². The predicted octanol–water partition coefficient (Wildman–Crippen LogP) is 3.23. The minimum absolute atomic E-state index is 0.463. The molecule has 4 nitrogen and oxygen atoms in total. The topological polar surface area (TPSA) is 56.0 Å². The summed E-state index contributed by atoms with van der Waals surface area (Å²) < 4.78 is 24.7. The molecule has 0 atom stereocenters. The summed E-state index contributed by atoms with van der Waals surface area (Å²) >= 11 is 10.6. The molecule has 0 aliphatic rings. The highest BCUT2D eigenvalue weighted by Gasteiger charge is 2.29. The quantitative estimate of drug-likeness (QED) is 0.455. The van der Waals surface area contributed by atoms with Gasteiger partial charge < -0.3 is 0 Å². The Morgan fingerprint density at radius 2 is 2.07 bits per heavy atom. The first-order valence-corrected chi connectivity index (χ1v) is 3.97. The Morgan fingerprint density at radius 3 is 2.43 bits per heavy atom. The fourth-order valence-corrected chi connectivity index (χ4v) is 1.29. The molecule has 0 aromatic carbocycles. The lowest BCUT2D eigenvalue weighted by atomic mass is 10.2. The lowest BCUT2D eigenvalue weighted by Crippen LogP contribution is -1.99. The second kappa shape index (κ2) is 4.02. The van der Waals surface area contributed by atoms with E-state index in [0.29, 0.717) is 0 Å². The van der Waals surface area contributed by atoms with Crippen LogP contribution in [0.1, 0.15) is 12.0 Å². The first kappa shape index (κ1) is 11.1. The predicted molar refractivity (Wildman–Crippen MR) is 45.9 cm³/mol. The summed E-state index contributed by atoms with van der Waals surface area (Å²) in [7, 11) is 0. The summed E-state index contributed by atoms with van der Waals surface area (Å²) in [6, 6.07) is 0. The van der Waals surface area contributed by atoms with E-state index in [2.05, 4.69) is 4.98 Å². The van der Waals surface area contributed by atoms with Crippen molar-refractivity contribution in [3.05, 3.63) is 32.1 Å². The molecule has 0 aliphatic carbocycles. The van der Waals surface area contributed by atoms with E-state index in [4.69, 9.17) is 23.2 Å². The molecule has 0 saturated heterocycles. The standard InChI is InChI=1S/C6H2Cl2F2N2O2/c7-2-1-11-5(8)3(6(9)10)4(2)12(13)14/h1,6H. The van der Waals surface area contributed by atoms with Gasteiger partial charge >= 0.3 is 5.69 Å². The van der Waals surface area contributed by atoms with E-state index >= 15 is 0 Å². The van der Waals surface area contributed by atoms with Gasteiger partial charge in [-0.05, 0) is 0 Å². The van der Waals surface area contributed by atoms with Gasteiger partial charge in [0, 0.05) is 0 Å². The zero-order valence-electron chi connectivity index (χ0n) is 6.38. The third-order valence-electron chi connectivity index (χ3n) is 1.40. The van der Waals surface area contributed by atoms with Crippen LogP contribution in [0.15, 0.2) is 6.20 Å². The van der Waals surface area contributed by atoms with Crippen molar-refractivity contribution in [2.75, 3.05) is 0 Å². The molecule has 0 bridgehead atoms. The Balaban J connectivity index is 3.50. The van der Waals surface area contributed by atoms with Crippen molar-refractivity contribution in [3.8, 4) is 0 Å². The lowest BCUT2D eigenvalue weighted by Gasteiger charge is -2.03. The van der Waals surface area contributed by atoms with Crippen LogP contribution in [-0.2, 0) is 0 Å². The Morgan fingerprint density at radius 1 is 1.50 bits per heavy atom. The van der Waals surface area contributed by atoms with Crippen LogP contribution in [-0.4, -0.2) is 9.91 Å². The molecule has 8 heteroatoms. The van der Waals surface area contributed by atoms with E-state index < -0.39 is 32.8 Å². The van der Waals surface area contributed by atoms with Crippen LogP contribution < -0.4 is 0 Å². The number of halogens is 4. The summed E-state index contributed by atoms with van der Waals surface area (Å²) in [5, 5.41) is 9.32. The van der Waals surface area contributed by atoms with Gasteiger partial charge in [-0.3, -0.25) is 10.1 Å². The zero-order chi connectivity index (χ0) is 10.9. The van der Waals surface area contributed by atoms with Gasteiger partial charge in [-0.1, -0.05) is 23.2 Å². The van der Waals surface area contributed by atoms with Crippen molar-refractivity contribution in [1.29, 1.82) is 0 Å². The maximum atomic E-state index is 12.3. The average Bonchev–Trinajstić information content (AvgIpc) is 2.07. The molecule has 1 rings (SSSR count). The molecule has 0 spiro atoms. The molecular formula is C6H2Cl2F2N2O2. The third-order valence-corrected chi connectivity index (χ3v) is 1.97. The highest BCUT2D eigenvalue weighted by molar-refractivity contribution is 6.34. The van der Waals surface area contributed by atoms with Gasteiger partial charge in [-0.15, -0.1) is 0 Å². The van der Waals surface area contributed by atoms with E-state index in [0.717, 1.165) is 6.20 Å². The van der Waals surface area contributed by atoms with Crippen molar-refractivity contribution in [1.82, 2.24) is 4.98 Å². The Hall–Kier alpha value is -1.01. The monoisotopic (exact) mass is 242 g/mol. The van der Waals surface area contributed by atoms with Gasteiger partial charge in [0.1, 0.15) is 15.7 Å². The molecule has 1 aromatic heterocycles. The van der Waals surface area contributed by atoms with Crippen LogP contribution in [0.4, 0.5) is 14.5 Å². The summed E-state index contributed by atoms with van der Waals surface area (Å²) in [5.74, 6) is 0. The fraction of sp³-hybridized carbons (Fsp3) is 0.167. The molecule has 1 heterocycles. The minimum atomic E-state index is -3.09. The molecule has 0 radical (unpaired) electrons. The fourth-order valence-electron chi connectivity index (χ4n) is 0.849. The first-order chi connectivity index (χ1) is 6.45. The van der Waals surface area contributed by atoms with E-state index in [1.807, 2.05) is 0 Å². The van der Waals surface area contributed by atoms with Crippen LogP contribution in [0, 0.1) is 10.1 Å². The van der Waals surface area contributed by atoms with E-state index in [1.54, 1.807) is 0 Å². The normalized spacial score (nSPS) is 10.6. The number of hydrogen-bond donors (Lipinski definition) is 0.